The Kier molecular flexibility index (Phi) is 6.91. The van der Waals surface area contributed by atoms with Crippen molar-refractivity contribution < 1.29 is 13.2 Å². The maximum atomic E-state index is 12.2. The molecule has 118 valence electrons. The largest absolute Gasteiger partial charge is 0.340 e. The van der Waals surface area contributed by atoms with Gasteiger partial charge in [0.25, 0.3) is 0 Å². The molecule has 6 nitrogen and oxygen atoms in total. The van der Waals surface area contributed by atoms with Gasteiger partial charge in [0.2, 0.25) is 15.9 Å². The van der Waals surface area contributed by atoms with Crippen LogP contribution in [0.1, 0.15) is 45.4 Å². The molecule has 1 amide bonds. The van der Waals surface area contributed by atoms with Gasteiger partial charge in [0.1, 0.15) is 0 Å². The second-order valence-electron chi connectivity index (χ2n) is 5.56. The van der Waals surface area contributed by atoms with E-state index in [4.69, 9.17) is 5.73 Å². The Balaban J connectivity index is 2.51. The van der Waals surface area contributed by atoms with Gasteiger partial charge in [-0.1, -0.05) is 6.92 Å². The van der Waals surface area contributed by atoms with Crippen LogP contribution in [0.4, 0.5) is 0 Å². The van der Waals surface area contributed by atoms with E-state index in [0.29, 0.717) is 19.4 Å². The fraction of sp³-hybridized carbons (Fsp3) is 0.923. The van der Waals surface area contributed by atoms with E-state index >= 15 is 0 Å². The number of nitrogens with two attached hydrogens (primary N) is 1. The highest BCUT2D eigenvalue weighted by Gasteiger charge is 2.27. The van der Waals surface area contributed by atoms with E-state index in [9.17, 15) is 13.2 Å². The first-order valence-corrected chi connectivity index (χ1v) is 9.22. The van der Waals surface area contributed by atoms with Crippen molar-refractivity contribution >= 4 is 15.9 Å². The zero-order chi connectivity index (χ0) is 15.2. The minimum atomic E-state index is -3.16. The number of rotatable bonds is 7. The number of carbonyl (C=O) groups excluding carboxylic acids is 1. The average Bonchev–Trinajstić information content (AvgIpc) is 2.37. The highest BCUT2D eigenvalue weighted by molar-refractivity contribution is 7.88. The Morgan fingerprint density at radius 2 is 2.15 bits per heavy atom. The van der Waals surface area contributed by atoms with Gasteiger partial charge in [-0.25, -0.2) is 13.1 Å². The molecule has 3 N–H and O–H groups in total. The molecule has 1 saturated heterocycles. The van der Waals surface area contributed by atoms with Crippen LogP contribution in [-0.4, -0.2) is 50.7 Å². The number of sulfonamides is 1. The molecule has 0 radical (unpaired) electrons. The van der Waals surface area contributed by atoms with Crippen LogP contribution >= 0.6 is 0 Å². The van der Waals surface area contributed by atoms with Crippen molar-refractivity contribution in [2.24, 2.45) is 5.73 Å². The summed E-state index contributed by atoms with van der Waals surface area (Å²) in [5.74, 6) is 0.100. The summed E-state index contributed by atoms with van der Waals surface area (Å²) in [6.45, 7) is 3.12. The third kappa shape index (κ3) is 6.19. The fourth-order valence-corrected chi connectivity index (χ4v) is 3.01. The monoisotopic (exact) mass is 305 g/mol. The summed E-state index contributed by atoms with van der Waals surface area (Å²) in [4.78, 5) is 14.1. The Hall–Kier alpha value is -0.660. The molecule has 1 aliphatic heterocycles. The lowest BCUT2D eigenvalue weighted by atomic mass is 9.98. The van der Waals surface area contributed by atoms with Gasteiger partial charge in [0, 0.05) is 31.6 Å². The van der Waals surface area contributed by atoms with Gasteiger partial charge in [-0.2, -0.15) is 0 Å². The zero-order valence-electron chi connectivity index (χ0n) is 12.5. The highest BCUT2D eigenvalue weighted by atomic mass is 32.2. The molecular formula is C13H27N3O3S. The number of piperidine rings is 1. The molecular weight excluding hydrogens is 278 g/mol. The fourth-order valence-electron chi connectivity index (χ4n) is 2.53. The summed E-state index contributed by atoms with van der Waals surface area (Å²) < 4.78 is 24.6. The molecule has 1 fully saturated rings. The van der Waals surface area contributed by atoms with Crippen molar-refractivity contribution in [1.82, 2.24) is 9.62 Å². The minimum absolute atomic E-state index is 0.0841. The molecule has 0 aromatic rings. The number of nitrogens with zero attached hydrogens (tertiary/aromatic N) is 1. The summed E-state index contributed by atoms with van der Waals surface area (Å²) in [7, 11) is -3.16. The smallest absolute Gasteiger partial charge is 0.224 e. The summed E-state index contributed by atoms with van der Waals surface area (Å²) in [6.07, 6.45) is 6.04. The molecule has 0 aromatic heterocycles. The first-order chi connectivity index (χ1) is 9.33. The SMILES string of the molecule is CCC(N)CC(=O)N1CCCCC1CCNS(C)(=O)=O. The van der Waals surface area contributed by atoms with Crippen molar-refractivity contribution in [2.75, 3.05) is 19.3 Å². The number of carbonyl (C=O) groups is 1. The number of nitrogens with one attached hydrogen (secondary N) is 1. The lowest BCUT2D eigenvalue weighted by molar-refractivity contribution is -0.135. The normalized spacial score (nSPS) is 21.8. The Morgan fingerprint density at radius 1 is 1.45 bits per heavy atom. The second kappa shape index (κ2) is 7.95. The van der Waals surface area contributed by atoms with Crippen molar-refractivity contribution in [3.63, 3.8) is 0 Å². The summed E-state index contributed by atoms with van der Waals surface area (Å²) in [6, 6.07) is 0.0498. The second-order valence-corrected chi connectivity index (χ2v) is 7.40. The van der Waals surface area contributed by atoms with Gasteiger partial charge in [0.15, 0.2) is 0 Å². The Bertz CT molecular complexity index is 411. The average molecular weight is 305 g/mol. The van der Waals surface area contributed by atoms with Crippen LogP contribution in [0.2, 0.25) is 0 Å². The van der Waals surface area contributed by atoms with Crippen LogP contribution in [0.5, 0.6) is 0 Å². The van der Waals surface area contributed by atoms with Gasteiger partial charge in [0.05, 0.1) is 6.26 Å². The minimum Gasteiger partial charge on any atom is -0.340 e. The molecule has 0 bridgehead atoms. The van der Waals surface area contributed by atoms with Crippen LogP contribution in [-0.2, 0) is 14.8 Å². The van der Waals surface area contributed by atoms with E-state index in [1.807, 2.05) is 11.8 Å². The lowest BCUT2D eigenvalue weighted by Gasteiger charge is -2.36. The summed E-state index contributed by atoms with van der Waals surface area (Å²) in [5.41, 5.74) is 5.84. The van der Waals surface area contributed by atoms with E-state index in [1.165, 1.54) is 0 Å². The molecule has 2 atom stereocenters. The quantitative estimate of drug-likeness (QED) is 0.713. The van der Waals surface area contributed by atoms with Crippen LogP contribution < -0.4 is 10.5 Å². The van der Waals surface area contributed by atoms with Gasteiger partial charge < -0.3 is 10.6 Å². The van der Waals surface area contributed by atoms with Crippen LogP contribution in [0, 0.1) is 0 Å². The van der Waals surface area contributed by atoms with E-state index in [0.717, 1.165) is 38.5 Å². The molecule has 2 unspecified atom stereocenters. The zero-order valence-corrected chi connectivity index (χ0v) is 13.3. The molecule has 1 heterocycles. The van der Waals surface area contributed by atoms with Gasteiger partial charge >= 0.3 is 0 Å². The van der Waals surface area contributed by atoms with Gasteiger partial charge in [-0.05, 0) is 32.1 Å². The molecule has 1 aliphatic rings. The molecule has 0 aliphatic carbocycles. The number of hydrogen-bond donors (Lipinski definition) is 2. The lowest BCUT2D eigenvalue weighted by Crippen LogP contribution is -2.46. The first kappa shape index (κ1) is 17.4. The first-order valence-electron chi connectivity index (χ1n) is 7.33. The number of hydrogen-bond acceptors (Lipinski definition) is 4. The van der Waals surface area contributed by atoms with E-state index in [2.05, 4.69) is 4.72 Å². The number of amides is 1. The molecule has 20 heavy (non-hydrogen) atoms. The van der Waals surface area contributed by atoms with Crippen molar-refractivity contribution in [3.8, 4) is 0 Å². The van der Waals surface area contributed by atoms with Crippen molar-refractivity contribution in [1.29, 1.82) is 0 Å². The van der Waals surface area contributed by atoms with E-state index in [-0.39, 0.29) is 18.0 Å². The van der Waals surface area contributed by atoms with Crippen LogP contribution in [0.25, 0.3) is 0 Å². The third-order valence-electron chi connectivity index (χ3n) is 3.75. The third-order valence-corrected chi connectivity index (χ3v) is 4.48. The van der Waals surface area contributed by atoms with Gasteiger partial charge in [-0.3, -0.25) is 4.79 Å². The van der Waals surface area contributed by atoms with Crippen LogP contribution in [0.15, 0.2) is 0 Å². The predicted octanol–water partition coefficient (Wildman–Crippen LogP) is 0.434. The maximum absolute atomic E-state index is 12.2. The Morgan fingerprint density at radius 3 is 2.75 bits per heavy atom. The van der Waals surface area contributed by atoms with E-state index < -0.39 is 10.0 Å². The van der Waals surface area contributed by atoms with Crippen molar-refractivity contribution in [3.05, 3.63) is 0 Å². The number of likely N-dealkylation sites (tertiary alicyclic amines) is 1. The molecule has 0 spiro atoms. The molecule has 7 heteroatoms. The molecule has 0 aromatic carbocycles. The van der Waals surface area contributed by atoms with Crippen LogP contribution in [0.3, 0.4) is 0 Å². The van der Waals surface area contributed by atoms with Crippen molar-refractivity contribution in [2.45, 2.75) is 57.5 Å². The molecule has 0 saturated carbocycles. The topological polar surface area (TPSA) is 92.5 Å². The predicted molar refractivity (Wildman–Crippen MR) is 79.7 cm³/mol. The summed E-state index contributed by atoms with van der Waals surface area (Å²) in [5, 5.41) is 0. The molecule has 1 rings (SSSR count). The highest BCUT2D eigenvalue weighted by Crippen LogP contribution is 2.20. The van der Waals surface area contributed by atoms with Gasteiger partial charge in [-0.15, -0.1) is 0 Å². The maximum Gasteiger partial charge on any atom is 0.224 e. The standard InChI is InChI=1S/C13H27N3O3S/c1-3-11(14)10-13(17)16-9-5-4-6-12(16)7-8-15-20(2,18)19/h11-12,15H,3-10,14H2,1-2H3. The van der Waals surface area contributed by atoms with E-state index in [1.54, 1.807) is 0 Å². The summed E-state index contributed by atoms with van der Waals surface area (Å²) >= 11 is 0. The Labute approximate surface area is 122 Å².